The fraction of sp³-hybridized carbons (Fsp3) is 0.625. The Balaban J connectivity index is 0.00000121. The number of halogens is 2. The highest BCUT2D eigenvalue weighted by molar-refractivity contribution is 5.94. The first-order valence-corrected chi connectivity index (χ1v) is 7.76. The molecule has 2 aliphatic heterocycles. The van der Waals surface area contributed by atoms with Gasteiger partial charge in [-0.1, -0.05) is 13.3 Å². The molecule has 0 radical (unpaired) electrons. The van der Waals surface area contributed by atoms with Crippen LogP contribution in [0.1, 0.15) is 48.7 Å². The molecule has 2 aliphatic rings. The van der Waals surface area contributed by atoms with Crippen molar-refractivity contribution in [3.8, 4) is 0 Å². The molecular weight excluding hydrogens is 321 g/mol. The number of pyridine rings is 1. The Hall–Kier alpha value is -0.840. The topological polar surface area (TPSA) is 45.2 Å². The van der Waals surface area contributed by atoms with Gasteiger partial charge in [0.1, 0.15) is 0 Å². The molecule has 22 heavy (non-hydrogen) atoms. The van der Waals surface area contributed by atoms with Gasteiger partial charge in [0.2, 0.25) is 0 Å². The number of fused-ring (bicyclic) bond motifs is 2. The third kappa shape index (κ3) is 4.34. The van der Waals surface area contributed by atoms with Crippen LogP contribution < -0.4 is 5.32 Å². The summed E-state index contributed by atoms with van der Waals surface area (Å²) in [6.07, 6.45) is 7.31. The number of aromatic nitrogens is 1. The lowest BCUT2D eigenvalue weighted by molar-refractivity contribution is 0.0748. The summed E-state index contributed by atoms with van der Waals surface area (Å²) in [7, 11) is 0. The van der Waals surface area contributed by atoms with E-state index in [9.17, 15) is 4.79 Å². The van der Waals surface area contributed by atoms with E-state index < -0.39 is 0 Å². The first kappa shape index (κ1) is 19.2. The van der Waals surface area contributed by atoms with Crippen molar-refractivity contribution in [3.63, 3.8) is 0 Å². The SMILES string of the molecule is CCCc1cc(C(=O)N2CC[C@H]3CC[C@@H](C2)N3)ccn1.Cl.Cl. The lowest BCUT2D eigenvalue weighted by Gasteiger charge is -2.24. The van der Waals surface area contributed by atoms with E-state index in [1.54, 1.807) is 6.20 Å². The Kier molecular flexibility index (Phi) is 7.60. The number of likely N-dealkylation sites (tertiary alicyclic amines) is 1. The average Bonchev–Trinajstić information content (AvgIpc) is 2.78. The number of rotatable bonds is 3. The maximum Gasteiger partial charge on any atom is 0.254 e. The number of carbonyl (C=O) groups is 1. The Labute approximate surface area is 144 Å². The van der Waals surface area contributed by atoms with Crippen LogP contribution in [0.2, 0.25) is 0 Å². The van der Waals surface area contributed by atoms with Gasteiger partial charge >= 0.3 is 0 Å². The highest BCUT2D eigenvalue weighted by atomic mass is 35.5. The molecule has 0 unspecified atom stereocenters. The van der Waals surface area contributed by atoms with Gasteiger partial charge in [0.25, 0.3) is 5.91 Å². The van der Waals surface area contributed by atoms with Gasteiger partial charge in [-0.25, -0.2) is 0 Å². The molecule has 2 atom stereocenters. The Morgan fingerprint density at radius 2 is 2.09 bits per heavy atom. The van der Waals surface area contributed by atoms with Crippen molar-refractivity contribution in [3.05, 3.63) is 29.6 Å². The molecule has 1 amide bonds. The Morgan fingerprint density at radius 3 is 2.86 bits per heavy atom. The summed E-state index contributed by atoms with van der Waals surface area (Å²) in [6.45, 7) is 3.85. The summed E-state index contributed by atoms with van der Waals surface area (Å²) in [4.78, 5) is 19.0. The van der Waals surface area contributed by atoms with Gasteiger partial charge in [0.05, 0.1) is 0 Å². The van der Waals surface area contributed by atoms with E-state index >= 15 is 0 Å². The molecule has 6 heteroatoms. The zero-order valence-corrected chi connectivity index (χ0v) is 14.6. The van der Waals surface area contributed by atoms with Crippen LogP contribution in [0.15, 0.2) is 18.3 Å². The molecule has 2 bridgehead atoms. The number of hydrogen-bond acceptors (Lipinski definition) is 3. The van der Waals surface area contributed by atoms with Crippen molar-refractivity contribution in [1.29, 1.82) is 0 Å². The summed E-state index contributed by atoms with van der Waals surface area (Å²) in [5, 5.41) is 3.61. The van der Waals surface area contributed by atoms with E-state index in [-0.39, 0.29) is 30.7 Å². The normalized spacial score (nSPS) is 23.2. The minimum Gasteiger partial charge on any atom is -0.337 e. The van der Waals surface area contributed by atoms with Gasteiger partial charge in [-0.15, -0.1) is 24.8 Å². The second kappa shape index (κ2) is 8.70. The van der Waals surface area contributed by atoms with E-state index in [1.807, 2.05) is 17.0 Å². The second-order valence-corrected chi connectivity index (χ2v) is 5.96. The minimum absolute atomic E-state index is 0. The van der Waals surface area contributed by atoms with Gasteiger partial charge in [0, 0.05) is 42.6 Å². The molecule has 4 nitrogen and oxygen atoms in total. The van der Waals surface area contributed by atoms with Crippen LogP contribution in [0.25, 0.3) is 0 Å². The van der Waals surface area contributed by atoms with E-state index in [0.29, 0.717) is 12.1 Å². The zero-order valence-electron chi connectivity index (χ0n) is 13.0. The molecule has 1 aromatic rings. The van der Waals surface area contributed by atoms with Gasteiger partial charge in [0.15, 0.2) is 0 Å². The smallest absolute Gasteiger partial charge is 0.254 e. The van der Waals surface area contributed by atoms with E-state index in [0.717, 1.165) is 43.6 Å². The number of aryl methyl sites for hydroxylation is 1. The fourth-order valence-corrected chi connectivity index (χ4v) is 3.31. The Bertz CT molecular complexity index is 498. The van der Waals surface area contributed by atoms with E-state index in [2.05, 4.69) is 17.2 Å². The van der Waals surface area contributed by atoms with Crippen molar-refractivity contribution in [2.45, 2.75) is 51.1 Å². The molecule has 0 spiro atoms. The molecule has 124 valence electrons. The van der Waals surface area contributed by atoms with Gasteiger partial charge in [-0.3, -0.25) is 9.78 Å². The summed E-state index contributed by atoms with van der Waals surface area (Å²) < 4.78 is 0. The fourth-order valence-electron chi connectivity index (χ4n) is 3.31. The molecule has 0 saturated carbocycles. The molecule has 3 heterocycles. The third-order valence-corrected chi connectivity index (χ3v) is 4.38. The van der Waals surface area contributed by atoms with Crippen molar-refractivity contribution in [2.75, 3.05) is 13.1 Å². The lowest BCUT2D eigenvalue weighted by atomic mass is 10.1. The van der Waals surface area contributed by atoms with Crippen molar-refractivity contribution >= 4 is 30.7 Å². The number of nitrogens with zero attached hydrogens (tertiary/aromatic N) is 2. The zero-order chi connectivity index (χ0) is 13.9. The van der Waals surface area contributed by atoms with Crippen LogP contribution in [0, 0.1) is 0 Å². The van der Waals surface area contributed by atoms with Crippen LogP contribution in [0.5, 0.6) is 0 Å². The largest absolute Gasteiger partial charge is 0.337 e. The number of nitrogens with one attached hydrogen (secondary N) is 1. The monoisotopic (exact) mass is 345 g/mol. The van der Waals surface area contributed by atoms with Crippen LogP contribution in [0.3, 0.4) is 0 Å². The molecule has 0 aromatic carbocycles. The summed E-state index contributed by atoms with van der Waals surface area (Å²) in [6, 6.07) is 4.91. The summed E-state index contributed by atoms with van der Waals surface area (Å²) >= 11 is 0. The maximum atomic E-state index is 12.7. The van der Waals surface area contributed by atoms with Crippen LogP contribution in [0.4, 0.5) is 0 Å². The van der Waals surface area contributed by atoms with Crippen LogP contribution >= 0.6 is 24.8 Å². The van der Waals surface area contributed by atoms with Gasteiger partial charge in [-0.05, 0) is 37.8 Å². The first-order chi connectivity index (χ1) is 9.76. The van der Waals surface area contributed by atoms with Gasteiger partial charge < -0.3 is 10.2 Å². The second-order valence-electron chi connectivity index (χ2n) is 5.96. The molecule has 0 aliphatic carbocycles. The summed E-state index contributed by atoms with van der Waals surface area (Å²) in [5.41, 5.74) is 1.81. The van der Waals surface area contributed by atoms with Crippen LogP contribution in [-0.4, -0.2) is 41.0 Å². The third-order valence-electron chi connectivity index (χ3n) is 4.38. The molecular formula is C16H25Cl2N3O. The molecule has 1 aromatic heterocycles. The van der Waals surface area contributed by atoms with E-state index in [1.165, 1.54) is 12.8 Å². The van der Waals surface area contributed by atoms with E-state index in [4.69, 9.17) is 0 Å². The molecule has 2 saturated heterocycles. The van der Waals surface area contributed by atoms with Crippen LogP contribution in [-0.2, 0) is 6.42 Å². The molecule has 1 N–H and O–H groups in total. The predicted octanol–water partition coefficient (Wildman–Crippen LogP) is 2.84. The minimum atomic E-state index is 0. The predicted molar refractivity (Wildman–Crippen MR) is 93.2 cm³/mol. The van der Waals surface area contributed by atoms with Gasteiger partial charge in [-0.2, -0.15) is 0 Å². The highest BCUT2D eigenvalue weighted by Crippen LogP contribution is 2.21. The van der Waals surface area contributed by atoms with Crippen molar-refractivity contribution in [2.24, 2.45) is 0 Å². The highest BCUT2D eigenvalue weighted by Gasteiger charge is 2.31. The standard InChI is InChI=1S/C16H23N3O.2ClH/c1-2-3-14-10-12(6-8-17-14)16(20)19-9-7-13-4-5-15(11-19)18-13;;/h6,8,10,13,15,18H,2-5,7,9,11H2,1H3;2*1H/t13-,15+;;/m1../s1. The average molecular weight is 346 g/mol. The summed E-state index contributed by atoms with van der Waals surface area (Å²) in [5.74, 6) is 0.166. The molecule has 2 fully saturated rings. The van der Waals surface area contributed by atoms with Crippen molar-refractivity contribution in [1.82, 2.24) is 15.2 Å². The maximum absolute atomic E-state index is 12.7. The number of amides is 1. The number of hydrogen-bond donors (Lipinski definition) is 1. The first-order valence-electron chi connectivity index (χ1n) is 7.76. The van der Waals surface area contributed by atoms with Crippen molar-refractivity contribution < 1.29 is 4.79 Å². The lowest BCUT2D eigenvalue weighted by Crippen LogP contribution is -2.39. The Morgan fingerprint density at radius 1 is 1.32 bits per heavy atom. The number of carbonyl (C=O) groups excluding carboxylic acids is 1. The quantitative estimate of drug-likeness (QED) is 0.915. The molecule has 3 rings (SSSR count).